The predicted octanol–water partition coefficient (Wildman–Crippen LogP) is 3.13. The van der Waals surface area contributed by atoms with Gasteiger partial charge in [0.2, 0.25) is 0 Å². The minimum Gasteiger partial charge on any atom is -0.493 e. The van der Waals surface area contributed by atoms with E-state index in [0.717, 1.165) is 54.5 Å². The summed E-state index contributed by atoms with van der Waals surface area (Å²) in [5.41, 5.74) is 2.17. The van der Waals surface area contributed by atoms with E-state index < -0.39 is 0 Å². The molecule has 9 heteroatoms. The van der Waals surface area contributed by atoms with E-state index >= 15 is 0 Å². The third-order valence-corrected chi connectivity index (χ3v) is 5.57. The molecule has 0 radical (unpaired) electrons. The fourth-order valence-corrected chi connectivity index (χ4v) is 3.72. The van der Waals surface area contributed by atoms with Crippen molar-refractivity contribution in [2.45, 2.75) is 59.2 Å². The van der Waals surface area contributed by atoms with E-state index in [1.54, 1.807) is 25.3 Å². The third kappa shape index (κ3) is 4.55. The van der Waals surface area contributed by atoms with Crippen molar-refractivity contribution < 1.29 is 18.8 Å². The van der Waals surface area contributed by atoms with Crippen molar-refractivity contribution in [3.8, 4) is 11.5 Å². The van der Waals surface area contributed by atoms with Crippen LogP contribution in [0.5, 0.6) is 11.5 Å². The smallest absolute Gasteiger partial charge is 0.251 e. The number of nitrogens with one attached hydrogen (secondary N) is 1. The molecule has 3 heterocycles. The summed E-state index contributed by atoms with van der Waals surface area (Å²) in [6.07, 6.45) is 4.38. The van der Waals surface area contributed by atoms with Gasteiger partial charge in [0.25, 0.3) is 5.91 Å². The standard InChI is InChI=1S/C22H27N5O4/c1-14-17(15(2)31-26-14)13-30-18-9-8-16(11-19(18)29-3)22(28)23-12-21-25-24-20-7-5-4-6-10-27(20)21/h8-9,11H,4-7,10,12-13H2,1-3H3,(H,23,28). The van der Waals surface area contributed by atoms with Gasteiger partial charge >= 0.3 is 0 Å². The number of nitrogens with zero attached hydrogens (tertiary/aromatic N) is 4. The molecule has 0 saturated carbocycles. The molecule has 31 heavy (non-hydrogen) atoms. The Balaban J connectivity index is 1.41. The number of hydrogen-bond donors (Lipinski definition) is 1. The molecule has 2 aromatic heterocycles. The van der Waals surface area contributed by atoms with Crippen LogP contribution in [-0.2, 0) is 26.1 Å². The Bertz CT molecular complexity index is 1050. The molecule has 0 spiro atoms. The molecule has 0 aliphatic carbocycles. The second-order valence-corrected chi connectivity index (χ2v) is 7.63. The van der Waals surface area contributed by atoms with Crippen molar-refractivity contribution in [3.63, 3.8) is 0 Å². The molecular weight excluding hydrogens is 398 g/mol. The van der Waals surface area contributed by atoms with Crippen LogP contribution in [-0.4, -0.2) is 32.9 Å². The maximum Gasteiger partial charge on any atom is 0.251 e. The molecule has 1 N–H and O–H groups in total. The normalized spacial score (nSPS) is 13.4. The summed E-state index contributed by atoms with van der Waals surface area (Å²) in [6.45, 7) is 5.25. The van der Waals surface area contributed by atoms with Crippen LogP contribution in [0, 0.1) is 13.8 Å². The van der Waals surface area contributed by atoms with Crippen LogP contribution in [0.3, 0.4) is 0 Å². The summed E-state index contributed by atoms with van der Waals surface area (Å²) in [6, 6.07) is 5.11. The van der Waals surface area contributed by atoms with E-state index in [1.807, 2.05) is 13.8 Å². The molecule has 164 valence electrons. The first-order valence-corrected chi connectivity index (χ1v) is 10.5. The van der Waals surface area contributed by atoms with Crippen molar-refractivity contribution in [1.29, 1.82) is 0 Å². The van der Waals surface area contributed by atoms with E-state index in [0.29, 0.717) is 30.2 Å². The second-order valence-electron chi connectivity index (χ2n) is 7.63. The summed E-state index contributed by atoms with van der Waals surface area (Å²) in [7, 11) is 1.55. The summed E-state index contributed by atoms with van der Waals surface area (Å²) < 4.78 is 18.6. The molecule has 1 aliphatic heterocycles. The van der Waals surface area contributed by atoms with Gasteiger partial charge in [-0.1, -0.05) is 11.6 Å². The number of aryl methyl sites for hydroxylation is 3. The highest BCUT2D eigenvalue weighted by Crippen LogP contribution is 2.29. The number of amides is 1. The van der Waals surface area contributed by atoms with Crippen LogP contribution in [0.25, 0.3) is 0 Å². The summed E-state index contributed by atoms with van der Waals surface area (Å²) in [4.78, 5) is 12.7. The summed E-state index contributed by atoms with van der Waals surface area (Å²) >= 11 is 0. The van der Waals surface area contributed by atoms with Gasteiger partial charge in [-0.15, -0.1) is 10.2 Å². The fraction of sp³-hybridized carbons (Fsp3) is 0.455. The van der Waals surface area contributed by atoms with Gasteiger partial charge in [0.1, 0.15) is 18.2 Å². The van der Waals surface area contributed by atoms with Crippen LogP contribution < -0.4 is 14.8 Å². The van der Waals surface area contributed by atoms with E-state index in [1.165, 1.54) is 6.42 Å². The Hall–Kier alpha value is -3.36. The number of benzene rings is 1. The topological polar surface area (TPSA) is 104 Å². The quantitative estimate of drug-likeness (QED) is 0.620. The lowest BCUT2D eigenvalue weighted by Crippen LogP contribution is -2.25. The van der Waals surface area contributed by atoms with Gasteiger partial charge in [0.05, 0.1) is 24.9 Å². The lowest BCUT2D eigenvalue weighted by atomic mass is 10.2. The zero-order valence-corrected chi connectivity index (χ0v) is 18.1. The highest BCUT2D eigenvalue weighted by Gasteiger charge is 2.17. The molecule has 3 aromatic rings. The van der Waals surface area contributed by atoms with E-state index in [2.05, 4.69) is 25.2 Å². The van der Waals surface area contributed by atoms with Crippen molar-refractivity contribution >= 4 is 5.91 Å². The summed E-state index contributed by atoms with van der Waals surface area (Å²) in [5.74, 6) is 3.33. The molecular formula is C22H27N5O4. The summed E-state index contributed by atoms with van der Waals surface area (Å²) in [5, 5.41) is 15.4. The molecule has 1 amide bonds. The van der Waals surface area contributed by atoms with E-state index in [-0.39, 0.29) is 5.91 Å². The van der Waals surface area contributed by atoms with Crippen LogP contribution in [0.2, 0.25) is 0 Å². The average molecular weight is 425 g/mol. The maximum absolute atomic E-state index is 12.7. The van der Waals surface area contributed by atoms with Crippen LogP contribution in [0.15, 0.2) is 22.7 Å². The average Bonchev–Trinajstić information content (AvgIpc) is 3.22. The van der Waals surface area contributed by atoms with Gasteiger partial charge in [0.15, 0.2) is 17.3 Å². The van der Waals surface area contributed by atoms with Gasteiger partial charge < -0.3 is 23.9 Å². The number of methoxy groups -OCH3 is 1. The molecule has 0 saturated heterocycles. The Morgan fingerprint density at radius 1 is 1.19 bits per heavy atom. The molecule has 1 aromatic carbocycles. The predicted molar refractivity (Wildman–Crippen MR) is 112 cm³/mol. The second kappa shape index (κ2) is 9.20. The lowest BCUT2D eigenvalue weighted by Gasteiger charge is -2.12. The minimum absolute atomic E-state index is 0.207. The number of aromatic nitrogens is 4. The molecule has 0 unspecified atom stereocenters. The SMILES string of the molecule is COc1cc(C(=O)NCc2nnc3n2CCCCC3)ccc1OCc1c(C)noc1C. The fourth-order valence-electron chi connectivity index (χ4n) is 3.72. The van der Waals surface area contributed by atoms with Gasteiger partial charge in [-0.25, -0.2) is 0 Å². The Kier molecular flexibility index (Phi) is 6.20. The number of ether oxygens (including phenoxy) is 2. The monoisotopic (exact) mass is 425 g/mol. The molecule has 1 aliphatic rings. The first-order valence-electron chi connectivity index (χ1n) is 10.5. The minimum atomic E-state index is -0.207. The van der Waals surface area contributed by atoms with E-state index in [4.69, 9.17) is 14.0 Å². The number of rotatable bonds is 7. The number of hydrogen-bond acceptors (Lipinski definition) is 7. The Morgan fingerprint density at radius 3 is 2.84 bits per heavy atom. The van der Waals surface area contributed by atoms with Crippen LogP contribution >= 0.6 is 0 Å². The van der Waals surface area contributed by atoms with Crippen molar-refractivity contribution in [2.24, 2.45) is 0 Å². The molecule has 0 bridgehead atoms. The van der Waals surface area contributed by atoms with Crippen LogP contribution in [0.4, 0.5) is 0 Å². The first kappa shape index (κ1) is 20.9. The van der Waals surface area contributed by atoms with Crippen molar-refractivity contribution in [2.75, 3.05) is 7.11 Å². The number of carbonyl (C=O) groups is 1. The van der Waals surface area contributed by atoms with Gasteiger partial charge in [-0.05, 0) is 44.9 Å². The Labute approximate surface area is 180 Å². The molecule has 4 rings (SSSR count). The largest absolute Gasteiger partial charge is 0.493 e. The molecule has 0 fully saturated rings. The third-order valence-electron chi connectivity index (χ3n) is 5.57. The van der Waals surface area contributed by atoms with Gasteiger partial charge in [0, 0.05) is 18.5 Å². The van der Waals surface area contributed by atoms with Gasteiger partial charge in [-0.2, -0.15) is 0 Å². The maximum atomic E-state index is 12.7. The number of carbonyl (C=O) groups excluding carboxylic acids is 1. The van der Waals surface area contributed by atoms with Crippen LogP contribution in [0.1, 0.15) is 58.3 Å². The molecule has 9 nitrogen and oxygen atoms in total. The Morgan fingerprint density at radius 2 is 2.06 bits per heavy atom. The van der Waals surface area contributed by atoms with E-state index in [9.17, 15) is 4.79 Å². The highest BCUT2D eigenvalue weighted by atomic mass is 16.5. The zero-order valence-electron chi connectivity index (χ0n) is 18.1. The van der Waals surface area contributed by atoms with Gasteiger partial charge in [-0.3, -0.25) is 4.79 Å². The van der Waals surface area contributed by atoms with Crippen molar-refractivity contribution in [1.82, 2.24) is 25.2 Å². The zero-order chi connectivity index (χ0) is 21.8. The lowest BCUT2D eigenvalue weighted by molar-refractivity contribution is 0.0949. The van der Waals surface area contributed by atoms with Crippen molar-refractivity contribution in [3.05, 3.63) is 52.4 Å². The number of fused-ring (bicyclic) bond motifs is 1. The first-order chi connectivity index (χ1) is 15.1. The molecule has 0 atom stereocenters. The highest BCUT2D eigenvalue weighted by molar-refractivity contribution is 5.94.